The lowest BCUT2D eigenvalue weighted by molar-refractivity contribution is 0.0393. The Morgan fingerprint density at radius 3 is 2.74 bits per heavy atom. The first-order chi connectivity index (χ1) is 13.0. The molecule has 3 aromatic rings. The lowest BCUT2D eigenvalue weighted by Crippen LogP contribution is -2.39. The maximum atomic E-state index is 12.1. The summed E-state index contributed by atoms with van der Waals surface area (Å²) in [5, 5.41) is 0. The normalized spacial score (nSPS) is 18.1. The van der Waals surface area contributed by atoms with E-state index in [9.17, 15) is 8.42 Å². The highest BCUT2D eigenvalue weighted by Crippen LogP contribution is 2.27. The highest BCUT2D eigenvalue weighted by Gasteiger charge is 2.24. The van der Waals surface area contributed by atoms with Crippen LogP contribution in [0.25, 0.3) is 11.0 Å². The Balaban J connectivity index is 1.60. The number of fused-ring (bicyclic) bond motifs is 1. The van der Waals surface area contributed by atoms with Crippen LogP contribution in [0, 0.1) is 6.92 Å². The largest absolute Gasteiger partial charge is 0.370 e. The summed E-state index contributed by atoms with van der Waals surface area (Å²) in [6, 6.07) is 13.4. The molecule has 0 saturated carbocycles. The van der Waals surface area contributed by atoms with Crippen LogP contribution in [0.5, 0.6) is 0 Å². The first-order valence-corrected chi connectivity index (χ1v) is 10.8. The summed E-state index contributed by atoms with van der Waals surface area (Å²) in [7, 11) is -3.23. The van der Waals surface area contributed by atoms with Gasteiger partial charge in [-0.3, -0.25) is 0 Å². The number of anilines is 1. The van der Waals surface area contributed by atoms with Gasteiger partial charge in [-0.2, -0.15) is 0 Å². The Morgan fingerprint density at radius 2 is 2.00 bits per heavy atom. The van der Waals surface area contributed by atoms with Crippen molar-refractivity contribution in [3.8, 4) is 0 Å². The number of benzene rings is 2. The Kier molecular flexibility index (Phi) is 4.65. The third kappa shape index (κ3) is 3.57. The molecule has 0 amide bonds. The molecule has 27 heavy (non-hydrogen) atoms. The van der Waals surface area contributed by atoms with Crippen LogP contribution < -0.4 is 4.90 Å². The number of morpholine rings is 1. The first kappa shape index (κ1) is 18.0. The number of hydrogen-bond acceptors (Lipinski definition) is 5. The molecular formula is C20H23N3O3S. The SMILES string of the molecule is CCS(=O)(=O)c1ccc2nc(N3CCOC(c4ccc(C)cc4)C3)[nH]c2c1. The van der Waals surface area contributed by atoms with Crippen LogP contribution in [0.2, 0.25) is 0 Å². The van der Waals surface area contributed by atoms with Crippen LogP contribution in [0.1, 0.15) is 24.2 Å². The van der Waals surface area contributed by atoms with Crippen molar-refractivity contribution in [2.24, 2.45) is 0 Å². The third-order valence-electron chi connectivity index (χ3n) is 5.00. The fourth-order valence-electron chi connectivity index (χ4n) is 3.31. The minimum atomic E-state index is -3.23. The summed E-state index contributed by atoms with van der Waals surface area (Å²) >= 11 is 0. The predicted molar refractivity (Wildman–Crippen MR) is 106 cm³/mol. The van der Waals surface area contributed by atoms with Crippen LogP contribution in [-0.4, -0.2) is 43.8 Å². The summed E-state index contributed by atoms with van der Waals surface area (Å²) in [6.07, 6.45) is -0.0106. The average Bonchev–Trinajstić information content (AvgIpc) is 3.12. The van der Waals surface area contributed by atoms with Gasteiger partial charge in [0.05, 0.1) is 34.8 Å². The van der Waals surface area contributed by atoms with E-state index in [0.717, 1.165) is 29.1 Å². The van der Waals surface area contributed by atoms with Crippen LogP contribution in [0.15, 0.2) is 47.4 Å². The molecule has 1 aliphatic heterocycles. The number of imidazole rings is 1. The molecule has 6 nitrogen and oxygen atoms in total. The molecule has 2 heterocycles. The van der Waals surface area contributed by atoms with Crippen LogP contribution >= 0.6 is 0 Å². The molecule has 2 aromatic carbocycles. The Bertz CT molecular complexity index is 1060. The minimum absolute atomic E-state index is 0.0106. The number of aryl methyl sites for hydroxylation is 1. The molecule has 1 aromatic heterocycles. The van der Waals surface area contributed by atoms with E-state index in [2.05, 4.69) is 46.1 Å². The predicted octanol–water partition coefficient (Wildman–Crippen LogP) is 3.24. The molecule has 4 rings (SSSR count). The third-order valence-corrected chi connectivity index (χ3v) is 6.73. The molecule has 1 unspecified atom stereocenters. The molecular weight excluding hydrogens is 362 g/mol. The molecule has 0 aliphatic carbocycles. The van der Waals surface area contributed by atoms with Gasteiger partial charge in [0, 0.05) is 6.54 Å². The molecule has 0 spiro atoms. The fraction of sp³-hybridized carbons (Fsp3) is 0.350. The van der Waals surface area contributed by atoms with Gasteiger partial charge in [0.15, 0.2) is 9.84 Å². The number of ether oxygens (including phenoxy) is 1. The van der Waals surface area contributed by atoms with E-state index in [1.807, 2.05) is 0 Å². The van der Waals surface area contributed by atoms with E-state index in [-0.39, 0.29) is 11.9 Å². The number of hydrogen-bond donors (Lipinski definition) is 1. The maximum absolute atomic E-state index is 12.1. The van der Waals surface area contributed by atoms with Crippen molar-refractivity contribution in [1.82, 2.24) is 9.97 Å². The van der Waals surface area contributed by atoms with Crippen molar-refractivity contribution < 1.29 is 13.2 Å². The summed E-state index contributed by atoms with van der Waals surface area (Å²) in [5.74, 6) is 0.831. The van der Waals surface area contributed by atoms with Gasteiger partial charge in [-0.15, -0.1) is 0 Å². The smallest absolute Gasteiger partial charge is 0.204 e. The Labute approximate surface area is 159 Å². The fourth-order valence-corrected chi connectivity index (χ4v) is 4.22. The van der Waals surface area contributed by atoms with Gasteiger partial charge < -0.3 is 14.6 Å². The van der Waals surface area contributed by atoms with Crippen molar-refractivity contribution in [2.45, 2.75) is 24.8 Å². The zero-order valence-corrected chi connectivity index (χ0v) is 16.3. The number of aromatic amines is 1. The molecule has 1 atom stereocenters. The standard InChI is InChI=1S/C20H23N3O3S/c1-3-27(24,25)16-8-9-17-18(12-16)22-20(21-17)23-10-11-26-19(13-23)15-6-4-14(2)5-7-15/h4-9,12,19H,3,10-11,13H2,1-2H3,(H,21,22). The van der Waals surface area contributed by atoms with Crippen molar-refractivity contribution in [3.63, 3.8) is 0 Å². The van der Waals surface area contributed by atoms with Gasteiger partial charge in [0.2, 0.25) is 5.95 Å². The number of aromatic nitrogens is 2. The van der Waals surface area contributed by atoms with Gasteiger partial charge in [-0.25, -0.2) is 13.4 Å². The van der Waals surface area contributed by atoms with E-state index < -0.39 is 9.84 Å². The van der Waals surface area contributed by atoms with Gasteiger partial charge >= 0.3 is 0 Å². The Morgan fingerprint density at radius 1 is 1.22 bits per heavy atom. The zero-order chi connectivity index (χ0) is 19.0. The number of H-pyrrole nitrogens is 1. The molecule has 1 saturated heterocycles. The van der Waals surface area contributed by atoms with Crippen molar-refractivity contribution in [2.75, 3.05) is 30.3 Å². The lowest BCUT2D eigenvalue weighted by atomic mass is 10.1. The van der Waals surface area contributed by atoms with Gasteiger partial charge in [-0.1, -0.05) is 36.8 Å². The van der Waals surface area contributed by atoms with E-state index in [4.69, 9.17) is 4.74 Å². The molecule has 1 N–H and O–H groups in total. The van der Waals surface area contributed by atoms with Crippen LogP contribution in [0.3, 0.4) is 0 Å². The van der Waals surface area contributed by atoms with E-state index in [0.29, 0.717) is 18.0 Å². The van der Waals surface area contributed by atoms with Gasteiger partial charge in [0.25, 0.3) is 0 Å². The molecule has 0 radical (unpaired) electrons. The van der Waals surface area contributed by atoms with Crippen molar-refractivity contribution in [3.05, 3.63) is 53.6 Å². The summed E-state index contributed by atoms with van der Waals surface area (Å²) in [4.78, 5) is 10.4. The highest BCUT2D eigenvalue weighted by atomic mass is 32.2. The highest BCUT2D eigenvalue weighted by molar-refractivity contribution is 7.91. The van der Waals surface area contributed by atoms with Crippen LogP contribution in [-0.2, 0) is 14.6 Å². The molecule has 0 bridgehead atoms. The number of nitrogens with zero attached hydrogens (tertiary/aromatic N) is 2. The monoisotopic (exact) mass is 385 g/mol. The minimum Gasteiger partial charge on any atom is -0.370 e. The molecule has 1 aliphatic rings. The van der Waals surface area contributed by atoms with E-state index >= 15 is 0 Å². The number of nitrogens with one attached hydrogen (secondary N) is 1. The van der Waals surface area contributed by atoms with Gasteiger partial charge in [0.1, 0.15) is 6.10 Å². The molecule has 7 heteroatoms. The Hall–Kier alpha value is -2.38. The summed E-state index contributed by atoms with van der Waals surface area (Å²) in [6.45, 7) is 5.77. The second-order valence-corrected chi connectivity index (χ2v) is 9.14. The second kappa shape index (κ2) is 6.98. The molecule has 142 valence electrons. The van der Waals surface area contributed by atoms with Gasteiger partial charge in [-0.05, 0) is 30.7 Å². The number of rotatable bonds is 4. The number of sulfone groups is 1. The molecule has 1 fully saturated rings. The van der Waals surface area contributed by atoms with E-state index in [1.54, 1.807) is 25.1 Å². The maximum Gasteiger partial charge on any atom is 0.204 e. The lowest BCUT2D eigenvalue weighted by Gasteiger charge is -2.33. The zero-order valence-electron chi connectivity index (χ0n) is 15.5. The second-order valence-electron chi connectivity index (χ2n) is 6.86. The van der Waals surface area contributed by atoms with Crippen molar-refractivity contribution in [1.29, 1.82) is 0 Å². The summed E-state index contributed by atoms with van der Waals surface area (Å²) < 4.78 is 30.2. The quantitative estimate of drug-likeness (QED) is 0.746. The topological polar surface area (TPSA) is 75.3 Å². The summed E-state index contributed by atoms with van der Waals surface area (Å²) in [5.41, 5.74) is 3.87. The van der Waals surface area contributed by atoms with E-state index in [1.165, 1.54) is 5.56 Å². The van der Waals surface area contributed by atoms with Crippen molar-refractivity contribution >= 4 is 26.8 Å². The average molecular weight is 385 g/mol. The first-order valence-electron chi connectivity index (χ1n) is 9.12. The van der Waals surface area contributed by atoms with Crippen LogP contribution in [0.4, 0.5) is 5.95 Å².